The number of nitrogens with one attached hydrogen (secondary N) is 1. The van der Waals surface area contributed by atoms with Gasteiger partial charge in [-0.25, -0.2) is 13.2 Å². The Morgan fingerprint density at radius 3 is 2.40 bits per heavy atom. The molecule has 1 heterocycles. The maximum atomic E-state index is 11.6. The predicted molar refractivity (Wildman–Crippen MR) is 58.5 cm³/mol. The van der Waals surface area contributed by atoms with Crippen molar-refractivity contribution in [3.05, 3.63) is 0 Å². The highest BCUT2D eigenvalue weighted by Crippen LogP contribution is 2.07. The minimum atomic E-state index is -3.03. The lowest BCUT2D eigenvalue weighted by Crippen LogP contribution is -2.44. The average molecular weight is 234 g/mol. The zero-order chi connectivity index (χ0) is 11.5. The van der Waals surface area contributed by atoms with E-state index >= 15 is 0 Å². The first-order valence-electron chi connectivity index (χ1n) is 5.11. The highest BCUT2D eigenvalue weighted by Gasteiger charge is 2.20. The molecule has 0 aromatic carbocycles. The van der Waals surface area contributed by atoms with Gasteiger partial charge in [0.05, 0.1) is 5.75 Å². The Balaban J connectivity index is 2.37. The van der Waals surface area contributed by atoms with Gasteiger partial charge in [-0.05, 0) is 19.8 Å². The van der Waals surface area contributed by atoms with Crippen LogP contribution in [0.15, 0.2) is 0 Å². The van der Waals surface area contributed by atoms with Crippen LogP contribution in [0, 0.1) is 0 Å². The summed E-state index contributed by atoms with van der Waals surface area (Å²) in [6.07, 6.45) is 3.24. The van der Waals surface area contributed by atoms with Crippen molar-refractivity contribution in [1.82, 2.24) is 10.2 Å². The van der Waals surface area contributed by atoms with Crippen LogP contribution < -0.4 is 5.32 Å². The summed E-state index contributed by atoms with van der Waals surface area (Å²) >= 11 is 0. The lowest BCUT2D eigenvalue weighted by atomic mass is 10.4. The Kier molecular flexibility index (Phi) is 3.96. The van der Waals surface area contributed by atoms with Gasteiger partial charge in [-0.15, -0.1) is 0 Å². The largest absolute Gasteiger partial charge is 0.335 e. The predicted octanol–water partition coefficient (Wildman–Crippen LogP) is 0.225. The molecule has 1 fully saturated rings. The van der Waals surface area contributed by atoms with Crippen LogP contribution in [-0.2, 0) is 9.84 Å². The molecule has 1 N–H and O–H groups in total. The number of sulfone groups is 1. The van der Waals surface area contributed by atoms with Crippen LogP contribution in [0.4, 0.5) is 4.79 Å². The first-order valence-corrected chi connectivity index (χ1v) is 7.18. The van der Waals surface area contributed by atoms with Gasteiger partial charge in [0.15, 0.2) is 0 Å². The van der Waals surface area contributed by atoms with Crippen molar-refractivity contribution in [2.45, 2.75) is 25.8 Å². The molecule has 2 amide bonds. The minimum Gasteiger partial charge on any atom is -0.335 e. The van der Waals surface area contributed by atoms with Gasteiger partial charge in [-0.3, -0.25) is 0 Å². The number of carbonyl (C=O) groups excluding carboxylic acids is 1. The highest BCUT2D eigenvalue weighted by molar-refractivity contribution is 7.90. The van der Waals surface area contributed by atoms with Crippen molar-refractivity contribution >= 4 is 15.9 Å². The molecule has 88 valence electrons. The van der Waals surface area contributed by atoms with Gasteiger partial charge in [0.25, 0.3) is 0 Å². The molecule has 0 aliphatic carbocycles. The van der Waals surface area contributed by atoms with E-state index in [0.717, 1.165) is 25.9 Å². The summed E-state index contributed by atoms with van der Waals surface area (Å²) in [7, 11) is -3.03. The van der Waals surface area contributed by atoms with Crippen LogP contribution >= 0.6 is 0 Å². The normalized spacial score (nSPS) is 18.9. The fourth-order valence-corrected chi connectivity index (χ4v) is 2.71. The Hall–Kier alpha value is -0.780. The molecular formula is C9H18N2O3S. The van der Waals surface area contributed by atoms with Crippen LogP contribution in [0.3, 0.4) is 0 Å². The number of rotatable bonds is 3. The lowest BCUT2D eigenvalue weighted by Gasteiger charge is -2.19. The number of hydrogen-bond acceptors (Lipinski definition) is 3. The number of amides is 2. The summed E-state index contributed by atoms with van der Waals surface area (Å²) in [6, 6.07) is -0.475. The maximum absolute atomic E-state index is 11.6. The third-order valence-corrected chi connectivity index (χ3v) is 3.42. The zero-order valence-corrected chi connectivity index (χ0v) is 10.0. The Morgan fingerprint density at radius 1 is 1.40 bits per heavy atom. The van der Waals surface area contributed by atoms with Crippen molar-refractivity contribution in [3.63, 3.8) is 0 Å². The van der Waals surface area contributed by atoms with E-state index in [1.165, 1.54) is 6.26 Å². The highest BCUT2D eigenvalue weighted by atomic mass is 32.2. The van der Waals surface area contributed by atoms with Gasteiger partial charge in [-0.1, -0.05) is 0 Å². The molecule has 0 spiro atoms. The summed E-state index contributed by atoms with van der Waals surface area (Å²) in [5, 5.41) is 2.69. The molecule has 0 aromatic heterocycles. The van der Waals surface area contributed by atoms with Gasteiger partial charge in [0.2, 0.25) is 0 Å². The van der Waals surface area contributed by atoms with Gasteiger partial charge >= 0.3 is 6.03 Å². The van der Waals surface area contributed by atoms with Crippen LogP contribution in [0.25, 0.3) is 0 Å². The van der Waals surface area contributed by atoms with E-state index in [1.54, 1.807) is 11.8 Å². The number of hydrogen-bond donors (Lipinski definition) is 1. The van der Waals surface area contributed by atoms with Crippen molar-refractivity contribution in [3.8, 4) is 0 Å². The number of nitrogens with zero attached hydrogens (tertiary/aromatic N) is 1. The molecule has 1 aliphatic rings. The first-order chi connectivity index (χ1) is 6.88. The average Bonchev–Trinajstić information content (AvgIpc) is 2.50. The summed E-state index contributed by atoms with van der Waals surface area (Å²) in [4.78, 5) is 13.3. The van der Waals surface area contributed by atoms with Crippen LogP contribution in [-0.4, -0.2) is 50.5 Å². The standard InChI is InChI=1S/C9H18N2O3S/c1-8(7-15(2,13)14)10-9(12)11-5-3-4-6-11/h8H,3-7H2,1-2H3,(H,10,12). The van der Waals surface area contributed by atoms with E-state index in [0.29, 0.717) is 0 Å². The second-order valence-electron chi connectivity index (χ2n) is 4.14. The molecule has 15 heavy (non-hydrogen) atoms. The minimum absolute atomic E-state index is 0.00736. The number of likely N-dealkylation sites (tertiary alicyclic amines) is 1. The molecule has 0 aromatic rings. The van der Waals surface area contributed by atoms with Crippen LogP contribution in [0.1, 0.15) is 19.8 Å². The molecule has 0 saturated carbocycles. The second kappa shape index (κ2) is 4.83. The molecular weight excluding hydrogens is 216 g/mol. The van der Waals surface area contributed by atoms with E-state index in [2.05, 4.69) is 5.32 Å². The quantitative estimate of drug-likeness (QED) is 0.760. The van der Waals surface area contributed by atoms with Gasteiger partial charge < -0.3 is 10.2 Å². The van der Waals surface area contributed by atoms with E-state index in [1.807, 2.05) is 0 Å². The Bertz CT molecular complexity index is 320. The second-order valence-corrected chi connectivity index (χ2v) is 6.32. The molecule has 1 saturated heterocycles. The molecule has 1 atom stereocenters. The van der Waals surface area contributed by atoms with Crippen molar-refractivity contribution < 1.29 is 13.2 Å². The zero-order valence-electron chi connectivity index (χ0n) is 9.19. The Labute approximate surface area is 90.7 Å². The third-order valence-electron chi connectivity index (χ3n) is 2.32. The van der Waals surface area contributed by atoms with E-state index < -0.39 is 9.84 Å². The summed E-state index contributed by atoms with van der Waals surface area (Å²) in [5.74, 6) is -0.00736. The van der Waals surface area contributed by atoms with E-state index in [9.17, 15) is 13.2 Å². The SMILES string of the molecule is CC(CS(C)(=O)=O)NC(=O)N1CCCC1. The van der Waals surface area contributed by atoms with Gasteiger partial charge in [0, 0.05) is 25.4 Å². The van der Waals surface area contributed by atoms with E-state index in [-0.39, 0.29) is 17.8 Å². The van der Waals surface area contributed by atoms with Crippen molar-refractivity contribution in [2.75, 3.05) is 25.1 Å². The molecule has 1 unspecified atom stereocenters. The third kappa shape index (κ3) is 4.51. The number of carbonyl (C=O) groups is 1. The molecule has 6 heteroatoms. The Morgan fingerprint density at radius 2 is 1.93 bits per heavy atom. The topological polar surface area (TPSA) is 66.5 Å². The van der Waals surface area contributed by atoms with Crippen molar-refractivity contribution in [1.29, 1.82) is 0 Å². The number of urea groups is 1. The van der Waals surface area contributed by atoms with Crippen LogP contribution in [0.5, 0.6) is 0 Å². The molecule has 0 bridgehead atoms. The monoisotopic (exact) mass is 234 g/mol. The summed E-state index contributed by atoms with van der Waals surface area (Å²) < 4.78 is 22.0. The molecule has 1 rings (SSSR count). The summed E-state index contributed by atoms with van der Waals surface area (Å²) in [6.45, 7) is 3.25. The molecule has 5 nitrogen and oxygen atoms in total. The fraction of sp³-hybridized carbons (Fsp3) is 0.889. The van der Waals surface area contributed by atoms with Crippen LogP contribution in [0.2, 0.25) is 0 Å². The molecule has 0 radical (unpaired) electrons. The lowest BCUT2D eigenvalue weighted by molar-refractivity contribution is 0.206. The fourth-order valence-electron chi connectivity index (χ4n) is 1.72. The maximum Gasteiger partial charge on any atom is 0.317 e. The molecule has 1 aliphatic heterocycles. The first kappa shape index (κ1) is 12.3. The van der Waals surface area contributed by atoms with Gasteiger partial charge in [-0.2, -0.15) is 0 Å². The van der Waals surface area contributed by atoms with Gasteiger partial charge in [0.1, 0.15) is 9.84 Å². The van der Waals surface area contributed by atoms with E-state index in [4.69, 9.17) is 0 Å². The smallest absolute Gasteiger partial charge is 0.317 e. The summed E-state index contributed by atoms with van der Waals surface area (Å²) in [5.41, 5.74) is 0. The van der Waals surface area contributed by atoms with Crippen molar-refractivity contribution in [2.24, 2.45) is 0 Å².